The van der Waals surface area contributed by atoms with Gasteiger partial charge in [0.05, 0.1) is 5.41 Å². The summed E-state index contributed by atoms with van der Waals surface area (Å²) in [5, 5.41) is 13.8. The number of aromatic nitrogens is 1. The topological polar surface area (TPSA) is 51.5 Å². The first-order valence-corrected chi connectivity index (χ1v) is 14.0. The number of thioether (sulfide) groups is 1. The number of fused-ring (bicyclic) bond motifs is 1. The molecule has 0 atom stereocenters. The Bertz CT molecular complexity index is 1350. The van der Waals surface area contributed by atoms with Crippen LogP contribution in [-0.2, 0) is 24.4 Å². The van der Waals surface area contributed by atoms with Crippen LogP contribution < -0.4 is 4.74 Å². The van der Waals surface area contributed by atoms with Gasteiger partial charge in [-0.25, -0.2) is 0 Å². The Balaban J connectivity index is 1.86. The maximum absolute atomic E-state index is 12.1. The van der Waals surface area contributed by atoms with Crippen LogP contribution in [0, 0.1) is 5.41 Å². The van der Waals surface area contributed by atoms with Crippen molar-refractivity contribution in [1.29, 1.82) is 0 Å². The normalized spacial score (nSPS) is 12.3. The van der Waals surface area contributed by atoms with Gasteiger partial charge >= 0.3 is 5.97 Å². The van der Waals surface area contributed by atoms with Gasteiger partial charge in [0, 0.05) is 49.1 Å². The SMILES string of the molecule is CC(C)(C)Sc1c(CC(C)(C)C(=O)O)n(Cc2ccc(Cl)cc2)c2ccc(OCc3cccs3)cc12. The van der Waals surface area contributed by atoms with Gasteiger partial charge in [-0.1, -0.05) is 50.6 Å². The van der Waals surface area contributed by atoms with Gasteiger partial charge in [0.2, 0.25) is 0 Å². The Morgan fingerprint density at radius 3 is 2.42 bits per heavy atom. The van der Waals surface area contributed by atoms with E-state index in [2.05, 4.69) is 43.5 Å². The van der Waals surface area contributed by atoms with Crippen LogP contribution in [0.4, 0.5) is 0 Å². The molecule has 0 aliphatic rings. The molecule has 0 saturated carbocycles. The standard InChI is InChI=1S/C29H32ClNO3S2/c1-28(2,3)36-26-23-15-21(34-18-22-7-6-14-35-22)12-13-24(23)31(17-19-8-10-20(30)11-9-19)25(26)16-29(4,5)27(32)33/h6-15H,16-18H2,1-5H3,(H,32,33). The lowest BCUT2D eigenvalue weighted by molar-refractivity contribution is -0.146. The quantitative estimate of drug-likeness (QED) is 0.216. The molecule has 190 valence electrons. The summed E-state index contributed by atoms with van der Waals surface area (Å²) >= 11 is 9.59. The van der Waals surface area contributed by atoms with Crippen molar-refractivity contribution in [1.82, 2.24) is 4.57 Å². The van der Waals surface area contributed by atoms with E-state index in [0.717, 1.165) is 32.8 Å². The van der Waals surface area contributed by atoms with Crippen molar-refractivity contribution in [2.45, 2.75) is 63.8 Å². The lowest BCUT2D eigenvalue weighted by Gasteiger charge is -2.24. The number of carbonyl (C=O) groups is 1. The summed E-state index contributed by atoms with van der Waals surface area (Å²) in [6.45, 7) is 11.3. The zero-order chi connectivity index (χ0) is 26.1. The van der Waals surface area contributed by atoms with Crippen molar-refractivity contribution in [3.05, 3.63) is 81.1 Å². The van der Waals surface area contributed by atoms with Crippen molar-refractivity contribution < 1.29 is 14.6 Å². The molecule has 36 heavy (non-hydrogen) atoms. The van der Waals surface area contributed by atoms with Crippen molar-refractivity contribution in [2.24, 2.45) is 5.41 Å². The summed E-state index contributed by atoms with van der Waals surface area (Å²) in [5.41, 5.74) is 2.28. The van der Waals surface area contributed by atoms with Gasteiger partial charge in [0.15, 0.2) is 0 Å². The molecule has 0 spiro atoms. The molecular weight excluding hydrogens is 510 g/mol. The predicted molar refractivity (Wildman–Crippen MR) is 152 cm³/mol. The van der Waals surface area contributed by atoms with Crippen LogP contribution in [0.3, 0.4) is 0 Å². The summed E-state index contributed by atoms with van der Waals surface area (Å²) in [7, 11) is 0. The van der Waals surface area contributed by atoms with Crippen LogP contribution >= 0.6 is 34.7 Å². The second kappa shape index (κ2) is 10.5. The number of carboxylic acid groups (broad SMARTS) is 1. The Hall–Kier alpha value is -2.41. The molecule has 7 heteroatoms. The Kier molecular flexibility index (Phi) is 7.79. The molecule has 2 aromatic carbocycles. The van der Waals surface area contributed by atoms with E-state index in [0.29, 0.717) is 24.6 Å². The molecule has 0 saturated heterocycles. The van der Waals surface area contributed by atoms with E-state index in [9.17, 15) is 9.90 Å². The molecule has 0 fully saturated rings. The molecule has 0 unspecified atom stereocenters. The molecule has 0 bridgehead atoms. The minimum absolute atomic E-state index is 0.0602. The van der Waals surface area contributed by atoms with Crippen LogP contribution in [-0.4, -0.2) is 20.4 Å². The molecule has 2 heterocycles. The zero-order valence-corrected chi connectivity index (χ0v) is 23.7. The number of hydrogen-bond donors (Lipinski definition) is 1. The number of ether oxygens (including phenoxy) is 1. The first-order valence-electron chi connectivity index (χ1n) is 11.9. The van der Waals surface area contributed by atoms with E-state index >= 15 is 0 Å². The number of hydrogen-bond acceptors (Lipinski definition) is 4. The molecule has 4 nitrogen and oxygen atoms in total. The lowest BCUT2D eigenvalue weighted by atomic mass is 9.88. The molecule has 0 aliphatic heterocycles. The minimum Gasteiger partial charge on any atom is -0.488 e. The highest BCUT2D eigenvalue weighted by atomic mass is 35.5. The maximum atomic E-state index is 12.1. The van der Waals surface area contributed by atoms with E-state index in [-0.39, 0.29) is 4.75 Å². The fourth-order valence-electron chi connectivity index (χ4n) is 4.04. The van der Waals surface area contributed by atoms with Gasteiger partial charge in [0.25, 0.3) is 0 Å². The van der Waals surface area contributed by atoms with E-state index in [1.807, 2.05) is 41.8 Å². The highest BCUT2D eigenvalue weighted by Gasteiger charge is 2.32. The molecular formula is C29H32ClNO3S2. The number of benzene rings is 2. The summed E-state index contributed by atoms with van der Waals surface area (Å²) in [6, 6.07) is 18.1. The Morgan fingerprint density at radius 1 is 1.08 bits per heavy atom. The fraction of sp³-hybridized carbons (Fsp3) is 0.345. The third-order valence-electron chi connectivity index (χ3n) is 5.90. The largest absolute Gasteiger partial charge is 0.488 e. The molecule has 0 radical (unpaired) electrons. The van der Waals surface area contributed by atoms with Gasteiger partial charge in [-0.3, -0.25) is 4.79 Å². The van der Waals surface area contributed by atoms with Crippen LogP contribution in [0.25, 0.3) is 10.9 Å². The zero-order valence-electron chi connectivity index (χ0n) is 21.3. The first kappa shape index (κ1) is 26.6. The van der Waals surface area contributed by atoms with Crippen LogP contribution in [0.5, 0.6) is 5.75 Å². The van der Waals surface area contributed by atoms with Gasteiger partial charge in [0.1, 0.15) is 12.4 Å². The molecule has 4 rings (SSSR count). The van der Waals surface area contributed by atoms with E-state index < -0.39 is 11.4 Å². The Labute approximate surface area is 226 Å². The summed E-state index contributed by atoms with van der Waals surface area (Å²) in [5.74, 6) is -0.00294. The van der Waals surface area contributed by atoms with Crippen molar-refractivity contribution in [2.75, 3.05) is 0 Å². The number of rotatable bonds is 9. The number of carboxylic acids is 1. The highest BCUT2D eigenvalue weighted by Crippen LogP contribution is 2.44. The highest BCUT2D eigenvalue weighted by molar-refractivity contribution is 8.00. The van der Waals surface area contributed by atoms with Gasteiger partial charge in [-0.05, 0) is 61.2 Å². The minimum atomic E-state index is -0.919. The molecule has 4 aromatic rings. The maximum Gasteiger partial charge on any atom is 0.309 e. The molecule has 2 aromatic heterocycles. The monoisotopic (exact) mass is 541 g/mol. The van der Waals surface area contributed by atoms with E-state index in [4.69, 9.17) is 16.3 Å². The second-order valence-electron chi connectivity index (χ2n) is 10.6. The van der Waals surface area contributed by atoms with Crippen LogP contribution in [0.1, 0.15) is 50.8 Å². The smallest absolute Gasteiger partial charge is 0.309 e. The number of halogens is 1. The van der Waals surface area contributed by atoms with Gasteiger partial charge < -0.3 is 14.4 Å². The van der Waals surface area contributed by atoms with E-state index in [1.54, 1.807) is 36.9 Å². The first-order chi connectivity index (χ1) is 16.9. The molecule has 0 amide bonds. The van der Waals surface area contributed by atoms with Gasteiger partial charge in [-0.2, -0.15) is 0 Å². The van der Waals surface area contributed by atoms with Crippen molar-refractivity contribution in [3.8, 4) is 5.75 Å². The Morgan fingerprint density at radius 2 is 1.81 bits per heavy atom. The number of thiophene rings is 1. The summed E-state index contributed by atoms with van der Waals surface area (Å²) in [6.07, 6.45) is 0.411. The van der Waals surface area contributed by atoms with Gasteiger partial charge in [-0.15, -0.1) is 23.1 Å². The fourth-order valence-corrected chi connectivity index (χ4v) is 5.97. The third kappa shape index (κ3) is 6.28. The molecule has 1 N–H and O–H groups in total. The van der Waals surface area contributed by atoms with Crippen molar-refractivity contribution in [3.63, 3.8) is 0 Å². The molecule has 0 aliphatic carbocycles. The summed E-state index contributed by atoms with van der Waals surface area (Å²) in [4.78, 5) is 14.4. The van der Waals surface area contributed by atoms with E-state index in [1.165, 1.54) is 4.88 Å². The third-order valence-corrected chi connectivity index (χ3v) is 8.28. The lowest BCUT2D eigenvalue weighted by Crippen LogP contribution is -2.28. The predicted octanol–water partition coefficient (Wildman–Crippen LogP) is 8.53. The number of nitrogens with zero attached hydrogens (tertiary/aromatic N) is 1. The van der Waals surface area contributed by atoms with Crippen LogP contribution in [0.15, 0.2) is 64.9 Å². The van der Waals surface area contributed by atoms with Crippen LogP contribution in [0.2, 0.25) is 5.02 Å². The summed E-state index contributed by atoms with van der Waals surface area (Å²) < 4.78 is 8.35. The average molecular weight is 542 g/mol. The van der Waals surface area contributed by atoms with Crippen molar-refractivity contribution >= 4 is 51.6 Å². The number of aliphatic carboxylic acids is 1. The average Bonchev–Trinajstić information content (AvgIpc) is 3.41. The second-order valence-corrected chi connectivity index (χ2v) is 13.9.